The first kappa shape index (κ1) is 10.9. The molecule has 0 aliphatic carbocycles. The van der Waals surface area contributed by atoms with Gasteiger partial charge in [0.2, 0.25) is 0 Å². The Morgan fingerprint density at radius 3 is 3.19 bits per heavy atom. The van der Waals surface area contributed by atoms with Crippen molar-refractivity contribution in [3.63, 3.8) is 0 Å². The fourth-order valence-electron chi connectivity index (χ4n) is 1.90. The molecule has 6 heteroatoms. The lowest BCUT2D eigenvalue weighted by atomic mass is 10.1. The van der Waals surface area contributed by atoms with Crippen LogP contribution in [-0.4, -0.2) is 47.1 Å². The molecular weight excluding hydrogens is 210 g/mol. The van der Waals surface area contributed by atoms with E-state index in [1.807, 2.05) is 0 Å². The summed E-state index contributed by atoms with van der Waals surface area (Å²) in [6.45, 7) is 2.02. The van der Waals surface area contributed by atoms with Crippen molar-refractivity contribution >= 4 is 12.0 Å². The van der Waals surface area contributed by atoms with Gasteiger partial charge in [0.1, 0.15) is 6.26 Å². The van der Waals surface area contributed by atoms with Gasteiger partial charge in [-0.2, -0.15) is 4.98 Å². The van der Waals surface area contributed by atoms with Crippen molar-refractivity contribution < 1.29 is 14.3 Å². The van der Waals surface area contributed by atoms with Crippen molar-refractivity contribution in [1.82, 2.24) is 9.88 Å². The van der Waals surface area contributed by atoms with Crippen LogP contribution < -0.4 is 5.32 Å². The minimum atomic E-state index is -1.07. The van der Waals surface area contributed by atoms with Gasteiger partial charge in [0.25, 0.3) is 6.01 Å². The van der Waals surface area contributed by atoms with E-state index in [4.69, 9.17) is 9.52 Å². The number of aromatic carboxylic acids is 1. The van der Waals surface area contributed by atoms with Gasteiger partial charge in [0.05, 0.1) is 0 Å². The van der Waals surface area contributed by atoms with Crippen LogP contribution in [0, 0.1) is 0 Å². The molecule has 1 saturated heterocycles. The standard InChI is InChI=1S/C10H15N3O3/c1-13-4-2-3-7(5-13)11-10-12-8(6-16-10)9(14)15/h6-7H,2-5H2,1H3,(H,11,12)(H,14,15). The van der Waals surface area contributed by atoms with Gasteiger partial charge in [-0.3, -0.25) is 0 Å². The Hall–Kier alpha value is -1.56. The molecule has 2 heterocycles. The molecule has 0 spiro atoms. The molecule has 0 radical (unpaired) electrons. The molecule has 1 aliphatic rings. The number of hydrogen-bond donors (Lipinski definition) is 2. The molecule has 2 N–H and O–H groups in total. The first-order chi connectivity index (χ1) is 7.65. The molecule has 1 aromatic heterocycles. The Morgan fingerprint density at radius 2 is 2.56 bits per heavy atom. The number of carboxylic acids is 1. The van der Waals surface area contributed by atoms with Crippen LogP contribution in [0.5, 0.6) is 0 Å². The summed E-state index contributed by atoms with van der Waals surface area (Å²) in [6.07, 6.45) is 3.33. The smallest absolute Gasteiger partial charge is 0.357 e. The Morgan fingerprint density at radius 1 is 1.75 bits per heavy atom. The number of aromatic nitrogens is 1. The van der Waals surface area contributed by atoms with Gasteiger partial charge in [-0.1, -0.05) is 0 Å². The fraction of sp³-hybridized carbons (Fsp3) is 0.600. The van der Waals surface area contributed by atoms with E-state index < -0.39 is 5.97 Å². The molecule has 1 fully saturated rings. The molecule has 1 aromatic rings. The molecule has 0 amide bonds. The highest BCUT2D eigenvalue weighted by Gasteiger charge is 2.19. The summed E-state index contributed by atoms with van der Waals surface area (Å²) in [7, 11) is 2.06. The van der Waals surface area contributed by atoms with E-state index in [0.717, 1.165) is 32.2 Å². The van der Waals surface area contributed by atoms with E-state index in [2.05, 4.69) is 22.2 Å². The highest BCUT2D eigenvalue weighted by molar-refractivity contribution is 5.85. The number of oxazole rings is 1. The van der Waals surface area contributed by atoms with Gasteiger partial charge < -0.3 is 19.7 Å². The maximum absolute atomic E-state index is 10.6. The molecule has 1 unspecified atom stereocenters. The summed E-state index contributed by atoms with van der Waals surface area (Å²) in [5, 5.41) is 11.8. The summed E-state index contributed by atoms with van der Waals surface area (Å²) in [4.78, 5) is 16.7. The van der Waals surface area contributed by atoms with Gasteiger partial charge in [-0.25, -0.2) is 4.79 Å². The van der Waals surface area contributed by atoms with E-state index in [0.29, 0.717) is 0 Å². The van der Waals surface area contributed by atoms with Gasteiger partial charge in [0.15, 0.2) is 5.69 Å². The number of nitrogens with zero attached hydrogens (tertiary/aromatic N) is 2. The number of anilines is 1. The molecule has 1 atom stereocenters. The van der Waals surface area contributed by atoms with Crippen LogP contribution in [0.3, 0.4) is 0 Å². The highest BCUT2D eigenvalue weighted by Crippen LogP contribution is 2.14. The lowest BCUT2D eigenvalue weighted by molar-refractivity contribution is 0.0690. The summed E-state index contributed by atoms with van der Waals surface area (Å²) in [5.41, 5.74) is -0.0633. The number of hydrogen-bond acceptors (Lipinski definition) is 5. The summed E-state index contributed by atoms with van der Waals surface area (Å²) in [6, 6.07) is 0.566. The van der Waals surface area contributed by atoms with Gasteiger partial charge in [0, 0.05) is 12.6 Å². The summed E-state index contributed by atoms with van der Waals surface area (Å²) in [5.74, 6) is -1.07. The molecule has 0 bridgehead atoms. The first-order valence-electron chi connectivity index (χ1n) is 5.29. The monoisotopic (exact) mass is 225 g/mol. The van der Waals surface area contributed by atoms with Gasteiger partial charge in [-0.05, 0) is 26.4 Å². The summed E-state index contributed by atoms with van der Waals surface area (Å²) < 4.78 is 5.04. The van der Waals surface area contributed by atoms with Crippen molar-refractivity contribution in [2.24, 2.45) is 0 Å². The Bertz CT molecular complexity index is 377. The minimum Gasteiger partial charge on any atom is -0.476 e. The Balaban J connectivity index is 1.95. The SMILES string of the molecule is CN1CCCC(Nc2nc(C(=O)O)co2)C1. The quantitative estimate of drug-likeness (QED) is 0.795. The third-order valence-corrected chi connectivity index (χ3v) is 2.68. The van der Waals surface area contributed by atoms with Crippen LogP contribution in [0.1, 0.15) is 23.3 Å². The number of piperidine rings is 1. The number of carboxylic acid groups (broad SMARTS) is 1. The number of likely N-dealkylation sites (tertiary alicyclic amines) is 1. The van der Waals surface area contributed by atoms with Crippen molar-refractivity contribution in [1.29, 1.82) is 0 Å². The molecule has 16 heavy (non-hydrogen) atoms. The van der Waals surface area contributed by atoms with Crippen molar-refractivity contribution in [2.45, 2.75) is 18.9 Å². The largest absolute Gasteiger partial charge is 0.476 e. The molecule has 0 saturated carbocycles. The second-order valence-electron chi connectivity index (χ2n) is 4.09. The molecule has 6 nitrogen and oxygen atoms in total. The minimum absolute atomic E-state index is 0.0633. The van der Waals surface area contributed by atoms with Crippen LogP contribution in [0.25, 0.3) is 0 Å². The lowest BCUT2D eigenvalue weighted by Gasteiger charge is -2.29. The van der Waals surface area contributed by atoms with Crippen molar-refractivity contribution in [3.8, 4) is 0 Å². The number of likely N-dealkylation sites (N-methyl/N-ethyl adjacent to an activating group) is 1. The predicted molar refractivity (Wildman–Crippen MR) is 57.6 cm³/mol. The molecule has 2 rings (SSSR count). The Labute approximate surface area is 93.3 Å². The average Bonchev–Trinajstić information content (AvgIpc) is 2.66. The normalized spacial score (nSPS) is 21.9. The van der Waals surface area contributed by atoms with Crippen LogP contribution in [-0.2, 0) is 0 Å². The lowest BCUT2D eigenvalue weighted by Crippen LogP contribution is -2.39. The summed E-state index contributed by atoms with van der Waals surface area (Å²) >= 11 is 0. The van der Waals surface area contributed by atoms with Gasteiger partial charge >= 0.3 is 5.97 Å². The highest BCUT2D eigenvalue weighted by atomic mass is 16.4. The van der Waals surface area contributed by atoms with Gasteiger partial charge in [-0.15, -0.1) is 0 Å². The van der Waals surface area contributed by atoms with E-state index in [1.54, 1.807) is 0 Å². The molecule has 88 valence electrons. The second-order valence-corrected chi connectivity index (χ2v) is 4.09. The maximum atomic E-state index is 10.6. The zero-order valence-corrected chi connectivity index (χ0v) is 9.14. The molecule has 0 aromatic carbocycles. The topological polar surface area (TPSA) is 78.6 Å². The van der Waals surface area contributed by atoms with Crippen molar-refractivity contribution in [2.75, 3.05) is 25.5 Å². The average molecular weight is 225 g/mol. The van der Waals surface area contributed by atoms with Crippen LogP contribution in [0.15, 0.2) is 10.7 Å². The second kappa shape index (κ2) is 4.52. The third-order valence-electron chi connectivity index (χ3n) is 2.68. The molecule has 1 aliphatic heterocycles. The maximum Gasteiger partial charge on any atom is 0.357 e. The van der Waals surface area contributed by atoms with Crippen LogP contribution in [0.2, 0.25) is 0 Å². The third kappa shape index (κ3) is 2.52. The van der Waals surface area contributed by atoms with Crippen LogP contribution >= 0.6 is 0 Å². The van der Waals surface area contributed by atoms with Crippen molar-refractivity contribution in [3.05, 3.63) is 12.0 Å². The number of carbonyl (C=O) groups is 1. The van der Waals surface area contributed by atoms with E-state index in [-0.39, 0.29) is 17.8 Å². The fourth-order valence-corrected chi connectivity index (χ4v) is 1.90. The Kier molecular flexibility index (Phi) is 3.09. The van der Waals surface area contributed by atoms with Crippen LogP contribution in [0.4, 0.5) is 6.01 Å². The van der Waals surface area contributed by atoms with E-state index >= 15 is 0 Å². The zero-order valence-electron chi connectivity index (χ0n) is 9.14. The van der Waals surface area contributed by atoms with E-state index in [9.17, 15) is 4.79 Å². The number of rotatable bonds is 3. The first-order valence-corrected chi connectivity index (χ1v) is 5.29. The number of nitrogens with one attached hydrogen (secondary N) is 1. The molecular formula is C10H15N3O3. The van der Waals surface area contributed by atoms with E-state index in [1.165, 1.54) is 0 Å². The zero-order chi connectivity index (χ0) is 11.5. The predicted octanol–water partition coefficient (Wildman–Crippen LogP) is 0.879.